The van der Waals surface area contributed by atoms with Crippen LogP contribution in [0.5, 0.6) is 0 Å². The third-order valence-corrected chi connectivity index (χ3v) is 2.95. The van der Waals surface area contributed by atoms with Crippen LogP contribution in [0.4, 0.5) is 0 Å². The molecule has 0 saturated heterocycles. The molecule has 0 aromatic heterocycles. The molecule has 0 amide bonds. The maximum absolute atomic E-state index is 6.00. The van der Waals surface area contributed by atoms with Gasteiger partial charge in [0, 0.05) is 10.8 Å². The zero-order valence-corrected chi connectivity index (χ0v) is 7.67. The van der Waals surface area contributed by atoms with Gasteiger partial charge < -0.3 is 0 Å². The van der Waals surface area contributed by atoms with Crippen molar-refractivity contribution < 1.29 is 0 Å². The average molecular weight is 181 g/mol. The second-order valence-electron chi connectivity index (χ2n) is 3.06. The van der Waals surface area contributed by atoms with E-state index >= 15 is 0 Å². The van der Waals surface area contributed by atoms with E-state index in [1.54, 1.807) is 0 Å². The Morgan fingerprint density at radius 3 is 1.50 bits per heavy atom. The fraction of sp³-hybridized carbons (Fsp3) is 1.00. The third-order valence-electron chi connectivity index (χ3n) is 2.08. The van der Waals surface area contributed by atoms with Gasteiger partial charge in [-0.05, 0) is 25.7 Å². The van der Waals surface area contributed by atoms with Gasteiger partial charge >= 0.3 is 0 Å². The van der Waals surface area contributed by atoms with Gasteiger partial charge in [0.15, 0.2) is 0 Å². The first-order chi connectivity index (χ1) is 4.79. The Hall–Kier alpha value is 0.580. The summed E-state index contributed by atoms with van der Waals surface area (Å²) in [4.78, 5) is 0. The fourth-order valence-electron chi connectivity index (χ4n) is 1.38. The van der Waals surface area contributed by atoms with E-state index in [9.17, 15) is 0 Å². The molecule has 0 aliphatic heterocycles. The van der Waals surface area contributed by atoms with Crippen molar-refractivity contribution in [3.63, 3.8) is 0 Å². The number of hydrogen-bond acceptors (Lipinski definition) is 0. The van der Waals surface area contributed by atoms with Crippen molar-refractivity contribution >= 4 is 23.2 Å². The van der Waals surface area contributed by atoms with Crippen LogP contribution in [0.3, 0.4) is 0 Å². The summed E-state index contributed by atoms with van der Waals surface area (Å²) in [5.74, 6) is 0. The maximum atomic E-state index is 6.00. The minimum absolute atomic E-state index is 0.390. The second-order valence-corrected chi connectivity index (χ2v) is 4.29. The molecule has 60 valence electrons. The summed E-state index contributed by atoms with van der Waals surface area (Å²) in [5.41, 5.74) is 0. The van der Waals surface area contributed by atoms with Crippen molar-refractivity contribution in [2.24, 2.45) is 0 Å². The van der Waals surface area contributed by atoms with Crippen LogP contribution < -0.4 is 0 Å². The molecule has 0 unspecified atom stereocenters. The van der Waals surface area contributed by atoms with E-state index < -0.39 is 0 Å². The van der Waals surface area contributed by atoms with E-state index in [1.807, 2.05) is 0 Å². The molecule has 10 heavy (non-hydrogen) atoms. The van der Waals surface area contributed by atoms with Crippen LogP contribution in [0.1, 0.15) is 38.5 Å². The summed E-state index contributed by atoms with van der Waals surface area (Å²) >= 11 is 12.0. The van der Waals surface area contributed by atoms with E-state index in [1.165, 1.54) is 25.7 Å². The highest BCUT2D eigenvalue weighted by molar-refractivity contribution is 6.21. The lowest BCUT2D eigenvalue weighted by atomic mass is 10.0. The van der Waals surface area contributed by atoms with Crippen LogP contribution in [0.2, 0.25) is 0 Å². The van der Waals surface area contributed by atoms with Crippen molar-refractivity contribution in [3.05, 3.63) is 0 Å². The predicted octanol–water partition coefficient (Wildman–Crippen LogP) is 3.56. The van der Waals surface area contributed by atoms with Crippen molar-refractivity contribution in [2.45, 2.75) is 49.3 Å². The molecule has 2 heteroatoms. The Balaban J connectivity index is 2.23. The highest BCUT2D eigenvalue weighted by atomic mass is 35.5. The molecule has 0 N–H and O–H groups in total. The lowest BCUT2D eigenvalue weighted by Crippen LogP contribution is -2.08. The number of hydrogen-bond donors (Lipinski definition) is 0. The SMILES string of the molecule is Cl[C@H]1CCCC[C@H](Cl)CC1. The summed E-state index contributed by atoms with van der Waals surface area (Å²) in [6.07, 6.45) is 7.11. The molecule has 2 atom stereocenters. The second kappa shape index (κ2) is 4.46. The van der Waals surface area contributed by atoms with Crippen LogP contribution in [-0.4, -0.2) is 10.8 Å². The third kappa shape index (κ3) is 3.12. The maximum Gasteiger partial charge on any atom is 0.0336 e. The Morgan fingerprint density at radius 1 is 0.700 bits per heavy atom. The van der Waals surface area contributed by atoms with E-state index in [-0.39, 0.29) is 0 Å². The topological polar surface area (TPSA) is 0 Å². The molecule has 0 aromatic carbocycles. The highest BCUT2D eigenvalue weighted by Crippen LogP contribution is 2.23. The monoisotopic (exact) mass is 180 g/mol. The number of halogens is 2. The van der Waals surface area contributed by atoms with Gasteiger partial charge in [0.2, 0.25) is 0 Å². The molecule has 0 nitrogen and oxygen atoms in total. The van der Waals surface area contributed by atoms with Crippen LogP contribution >= 0.6 is 23.2 Å². The molecule has 1 aliphatic rings. The first-order valence-corrected chi connectivity index (χ1v) is 4.94. The molecular formula is C8H14Cl2. The molecule has 1 aliphatic carbocycles. The molecule has 1 rings (SSSR count). The fourth-order valence-corrected chi connectivity index (χ4v) is 1.94. The minimum Gasteiger partial charge on any atom is -0.123 e. The molecular weight excluding hydrogens is 167 g/mol. The molecule has 1 fully saturated rings. The van der Waals surface area contributed by atoms with Crippen molar-refractivity contribution in [1.29, 1.82) is 0 Å². The largest absolute Gasteiger partial charge is 0.123 e. The first-order valence-electron chi connectivity index (χ1n) is 4.07. The zero-order valence-electron chi connectivity index (χ0n) is 6.15. The summed E-state index contributed by atoms with van der Waals surface area (Å²) in [5, 5.41) is 0.781. The van der Waals surface area contributed by atoms with E-state index in [0.717, 1.165) is 12.8 Å². The standard InChI is InChI=1S/C8H14Cl2/c9-7-3-1-2-4-8(10)6-5-7/h7-8H,1-6H2/t7-,8-/m0/s1. The number of alkyl halides is 2. The number of rotatable bonds is 0. The van der Waals surface area contributed by atoms with Crippen LogP contribution in [-0.2, 0) is 0 Å². The van der Waals surface area contributed by atoms with Crippen LogP contribution in [0.25, 0.3) is 0 Å². The quantitative estimate of drug-likeness (QED) is 0.501. The summed E-state index contributed by atoms with van der Waals surface area (Å²) in [7, 11) is 0. The minimum atomic E-state index is 0.390. The van der Waals surface area contributed by atoms with E-state index in [0.29, 0.717) is 10.8 Å². The van der Waals surface area contributed by atoms with Crippen LogP contribution in [0, 0.1) is 0 Å². The van der Waals surface area contributed by atoms with Crippen molar-refractivity contribution in [1.82, 2.24) is 0 Å². The normalized spacial score (nSPS) is 36.6. The molecule has 0 radical (unpaired) electrons. The van der Waals surface area contributed by atoms with Gasteiger partial charge in [-0.2, -0.15) is 0 Å². The van der Waals surface area contributed by atoms with Crippen molar-refractivity contribution in [3.8, 4) is 0 Å². The Morgan fingerprint density at radius 2 is 1.10 bits per heavy atom. The Bertz CT molecular complexity index is 81.3. The first kappa shape index (κ1) is 8.67. The highest BCUT2D eigenvalue weighted by Gasteiger charge is 2.12. The van der Waals surface area contributed by atoms with Gasteiger partial charge in [-0.1, -0.05) is 12.8 Å². The molecule has 0 bridgehead atoms. The summed E-state index contributed by atoms with van der Waals surface area (Å²) in [6.45, 7) is 0. The average Bonchev–Trinajstić information content (AvgIpc) is 1.90. The van der Waals surface area contributed by atoms with E-state index in [2.05, 4.69) is 0 Å². The summed E-state index contributed by atoms with van der Waals surface area (Å²) < 4.78 is 0. The van der Waals surface area contributed by atoms with Gasteiger partial charge in [0.05, 0.1) is 0 Å². The lowest BCUT2D eigenvalue weighted by molar-refractivity contribution is 0.514. The molecule has 0 aromatic rings. The molecule has 1 saturated carbocycles. The van der Waals surface area contributed by atoms with Gasteiger partial charge in [-0.3, -0.25) is 0 Å². The van der Waals surface area contributed by atoms with Gasteiger partial charge in [-0.15, -0.1) is 23.2 Å². The molecule has 0 heterocycles. The van der Waals surface area contributed by atoms with Gasteiger partial charge in [0.1, 0.15) is 0 Å². The Labute approximate surface area is 72.9 Å². The molecule has 0 spiro atoms. The predicted molar refractivity (Wildman–Crippen MR) is 47.0 cm³/mol. The van der Waals surface area contributed by atoms with E-state index in [4.69, 9.17) is 23.2 Å². The van der Waals surface area contributed by atoms with Crippen LogP contribution in [0.15, 0.2) is 0 Å². The van der Waals surface area contributed by atoms with Crippen molar-refractivity contribution in [2.75, 3.05) is 0 Å². The summed E-state index contributed by atoms with van der Waals surface area (Å²) in [6, 6.07) is 0. The van der Waals surface area contributed by atoms with Gasteiger partial charge in [0.25, 0.3) is 0 Å². The Kier molecular flexibility index (Phi) is 3.87. The lowest BCUT2D eigenvalue weighted by Gasteiger charge is -2.16. The van der Waals surface area contributed by atoms with Gasteiger partial charge in [-0.25, -0.2) is 0 Å². The smallest absolute Gasteiger partial charge is 0.0336 e. The zero-order chi connectivity index (χ0) is 7.40.